The van der Waals surface area contributed by atoms with Crippen LogP contribution >= 0.6 is 0 Å². The average Bonchev–Trinajstić information content (AvgIpc) is 2.99. The van der Waals surface area contributed by atoms with E-state index in [1.807, 2.05) is 14.0 Å². The van der Waals surface area contributed by atoms with Crippen molar-refractivity contribution in [1.29, 1.82) is 0 Å². The molecule has 4 aliphatic rings. The maximum atomic E-state index is 11.5. The Morgan fingerprint density at radius 2 is 1.47 bits per heavy atom. The fourth-order valence-electron chi connectivity index (χ4n) is 6.54. The zero-order valence-corrected chi connectivity index (χ0v) is 25.9. The van der Waals surface area contributed by atoms with Crippen molar-refractivity contribution in [2.75, 3.05) is 20.7 Å². The fourth-order valence-corrected chi connectivity index (χ4v) is 6.54. The molecule has 0 spiro atoms. The van der Waals surface area contributed by atoms with Gasteiger partial charge >= 0.3 is 5.97 Å². The van der Waals surface area contributed by atoms with E-state index in [1.54, 1.807) is 0 Å². The number of carboxylic acids is 1. The van der Waals surface area contributed by atoms with Crippen LogP contribution in [0.1, 0.15) is 33.1 Å². The van der Waals surface area contributed by atoms with Gasteiger partial charge in [0.15, 0.2) is 25.0 Å². The smallest absolute Gasteiger partial charge is 0.335 e. The topological polar surface area (TPSA) is 296 Å². The minimum atomic E-state index is -1.90. The van der Waals surface area contributed by atoms with Gasteiger partial charge in [-0.2, -0.15) is 0 Å². The third-order valence-corrected chi connectivity index (χ3v) is 9.42. The highest BCUT2D eigenvalue weighted by molar-refractivity contribution is 5.73. The predicted octanol–water partition coefficient (Wildman–Crippen LogP) is -5.41. The summed E-state index contributed by atoms with van der Waals surface area (Å²) in [6, 6.07) is -2.80. The standard InChI is InChI=1S/C27H51N5O13/c1-9(31-3)13-6-5-10(28)24(41-13)42-19-11(29)7-12(30)20(17(19)36)43-25-18(37)22(32-4)27(2,8-40-25)45-26-16(35)14(33)15(34)21(44-26)23(38)39/h9-22,24-26,31-37H,5-8,28-30H2,1-4H3,(H,38,39). The Hall–Kier alpha value is -1.17. The van der Waals surface area contributed by atoms with Crippen LogP contribution < -0.4 is 27.8 Å². The molecule has 0 aromatic rings. The summed E-state index contributed by atoms with van der Waals surface area (Å²) in [5.74, 6) is -1.57. The maximum Gasteiger partial charge on any atom is 0.335 e. The maximum absolute atomic E-state index is 11.5. The zero-order chi connectivity index (χ0) is 33.4. The third kappa shape index (κ3) is 7.62. The molecule has 3 saturated heterocycles. The van der Waals surface area contributed by atoms with Crippen molar-refractivity contribution in [2.45, 2.75) is 143 Å². The SMILES string of the molecule is CNC(C)C1CCC(N)C(OC2C(N)CC(N)C(OC3OCC(C)(OC4OC(C(=O)O)C(O)C(O)C4O)C(NC)C3O)C2O)O1. The number of likely N-dealkylation sites (N-methyl/N-ethyl adjacent to an activating group) is 2. The van der Waals surface area contributed by atoms with Gasteiger partial charge in [0.2, 0.25) is 0 Å². The Labute approximate surface area is 261 Å². The summed E-state index contributed by atoms with van der Waals surface area (Å²) >= 11 is 0. The summed E-state index contributed by atoms with van der Waals surface area (Å²) < 4.78 is 35.3. The molecule has 18 heteroatoms. The van der Waals surface area contributed by atoms with Gasteiger partial charge in [-0.25, -0.2) is 4.79 Å². The second-order valence-corrected chi connectivity index (χ2v) is 12.7. The van der Waals surface area contributed by atoms with E-state index in [1.165, 1.54) is 14.0 Å². The Bertz CT molecular complexity index is 989. The lowest BCUT2D eigenvalue weighted by molar-refractivity contribution is -0.356. The minimum Gasteiger partial charge on any atom is -0.479 e. The lowest BCUT2D eigenvalue weighted by Gasteiger charge is -2.51. The number of aliphatic hydroxyl groups is 5. The van der Waals surface area contributed by atoms with Gasteiger partial charge in [-0.3, -0.25) is 0 Å². The van der Waals surface area contributed by atoms with E-state index in [0.29, 0.717) is 6.42 Å². The second kappa shape index (κ2) is 14.9. The molecule has 18 nitrogen and oxygen atoms in total. The molecule has 0 aromatic carbocycles. The number of carboxylic acid groups (broad SMARTS) is 1. The van der Waals surface area contributed by atoms with Gasteiger partial charge in [0.25, 0.3) is 0 Å². The van der Waals surface area contributed by atoms with Gasteiger partial charge < -0.3 is 86.9 Å². The zero-order valence-electron chi connectivity index (χ0n) is 25.9. The normalized spacial score (nSPS) is 50.2. The van der Waals surface area contributed by atoms with Crippen molar-refractivity contribution in [1.82, 2.24) is 10.6 Å². The average molecular weight is 654 g/mol. The number of aliphatic carboxylic acids is 1. The van der Waals surface area contributed by atoms with Gasteiger partial charge in [0.05, 0.1) is 24.8 Å². The van der Waals surface area contributed by atoms with Crippen molar-refractivity contribution in [3.8, 4) is 0 Å². The molecule has 4 rings (SSSR count). The summed E-state index contributed by atoms with van der Waals surface area (Å²) in [4.78, 5) is 11.5. The first-order chi connectivity index (χ1) is 21.1. The number of carbonyl (C=O) groups is 1. The summed E-state index contributed by atoms with van der Waals surface area (Å²) in [5, 5.41) is 68.8. The molecule has 3 aliphatic heterocycles. The molecule has 45 heavy (non-hydrogen) atoms. The Kier molecular flexibility index (Phi) is 12.2. The Balaban J connectivity index is 1.43. The number of nitrogens with two attached hydrogens (primary N) is 3. The van der Waals surface area contributed by atoms with Crippen LogP contribution in [-0.2, 0) is 33.2 Å². The van der Waals surface area contributed by atoms with E-state index in [4.69, 9.17) is 45.6 Å². The van der Waals surface area contributed by atoms with E-state index >= 15 is 0 Å². The number of rotatable bonds is 10. The second-order valence-electron chi connectivity index (χ2n) is 12.7. The molecule has 1 saturated carbocycles. The number of ether oxygens (including phenoxy) is 6. The third-order valence-electron chi connectivity index (χ3n) is 9.42. The van der Waals surface area contributed by atoms with Crippen LogP contribution in [-0.4, -0.2) is 167 Å². The highest BCUT2D eigenvalue weighted by Gasteiger charge is 2.55. The van der Waals surface area contributed by atoms with Crippen molar-refractivity contribution in [3.63, 3.8) is 0 Å². The molecule has 14 N–H and O–H groups in total. The summed E-state index contributed by atoms with van der Waals surface area (Å²) in [6.45, 7) is 3.21. The lowest BCUT2D eigenvalue weighted by Crippen LogP contribution is -2.71. The first-order valence-corrected chi connectivity index (χ1v) is 15.3. The molecular weight excluding hydrogens is 602 g/mol. The van der Waals surface area contributed by atoms with Crippen LogP contribution in [0.2, 0.25) is 0 Å². The first kappa shape index (κ1) is 36.7. The van der Waals surface area contributed by atoms with Crippen molar-refractivity contribution >= 4 is 5.97 Å². The van der Waals surface area contributed by atoms with Gasteiger partial charge in [0.1, 0.15) is 48.3 Å². The molecule has 262 valence electrons. The van der Waals surface area contributed by atoms with Gasteiger partial charge in [-0.1, -0.05) is 0 Å². The predicted molar refractivity (Wildman–Crippen MR) is 153 cm³/mol. The number of nitrogens with one attached hydrogen (secondary N) is 2. The van der Waals surface area contributed by atoms with Crippen molar-refractivity contribution in [3.05, 3.63) is 0 Å². The monoisotopic (exact) mass is 653 g/mol. The quantitative estimate of drug-likeness (QED) is 0.105. The molecule has 0 amide bonds. The van der Waals surface area contributed by atoms with Crippen molar-refractivity contribution < 1.29 is 63.9 Å². The van der Waals surface area contributed by atoms with E-state index in [9.17, 15) is 35.4 Å². The van der Waals surface area contributed by atoms with E-state index < -0.39 is 103 Å². The van der Waals surface area contributed by atoms with E-state index in [0.717, 1.165) is 6.42 Å². The van der Waals surface area contributed by atoms with Crippen LogP contribution in [0.4, 0.5) is 0 Å². The molecule has 0 radical (unpaired) electrons. The molecule has 4 fully saturated rings. The minimum absolute atomic E-state index is 0.0426. The van der Waals surface area contributed by atoms with Crippen LogP contribution in [0, 0.1) is 0 Å². The van der Waals surface area contributed by atoms with Crippen LogP contribution in [0.15, 0.2) is 0 Å². The molecule has 18 unspecified atom stereocenters. The number of aliphatic hydroxyl groups excluding tert-OH is 5. The number of hydrogen-bond acceptors (Lipinski definition) is 17. The molecule has 0 bridgehead atoms. The lowest BCUT2D eigenvalue weighted by atomic mass is 9.84. The van der Waals surface area contributed by atoms with Gasteiger partial charge in [-0.05, 0) is 47.2 Å². The summed E-state index contributed by atoms with van der Waals surface area (Å²) in [6.07, 6.45) is -14.7. The molecule has 0 aromatic heterocycles. The number of hydrogen-bond donors (Lipinski definition) is 11. The van der Waals surface area contributed by atoms with Crippen LogP contribution in [0.25, 0.3) is 0 Å². The highest BCUT2D eigenvalue weighted by atomic mass is 16.7. The first-order valence-electron chi connectivity index (χ1n) is 15.3. The Morgan fingerprint density at radius 3 is 2.04 bits per heavy atom. The van der Waals surface area contributed by atoms with Crippen LogP contribution in [0.5, 0.6) is 0 Å². The van der Waals surface area contributed by atoms with Gasteiger partial charge in [0, 0.05) is 18.1 Å². The van der Waals surface area contributed by atoms with Crippen molar-refractivity contribution in [2.24, 2.45) is 17.2 Å². The molecule has 1 aliphatic carbocycles. The van der Waals surface area contributed by atoms with Gasteiger partial charge in [-0.15, -0.1) is 0 Å². The van der Waals surface area contributed by atoms with E-state index in [2.05, 4.69) is 10.6 Å². The molecule has 3 heterocycles. The summed E-state index contributed by atoms with van der Waals surface area (Å²) in [5.41, 5.74) is 17.5. The summed E-state index contributed by atoms with van der Waals surface area (Å²) in [7, 11) is 3.35. The molecular formula is C27H51N5O13. The Morgan fingerprint density at radius 1 is 0.844 bits per heavy atom. The van der Waals surface area contributed by atoms with Crippen LogP contribution in [0.3, 0.4) is 0 Å². The largest absolute Gasteiger partial charge is 0.479 e. The fraction of sp³-hybridized carbons (Fsp3) is 0.963. The van der Waals surface area contributed by atoms with E-state index in [-0.39, 0.29) is 25.2 Å². The highest BCUT2D eigenvalue weighted by Crippen LogP contribution is 2.35. The molecule has 18 atom stereocenters.